The van der Waals surface area contributed by atoms with Crippen LogP contribution < -0.4 is 5.32 Å². The summed E-state index contributed by atoms with van der Waals surface area (Å²) >= 11 is 1.77. The van der Waals surface area contributed by atoms with Gasteiger partial charge in [-0.3, -0.25) is 4.90 Å². The summed E-state index contributed by atoms with van der Waals surface area (Å²) in [5, 5.41) is 5.25. The van der Waals surface area contributed by atoms with E-state index in [1.807, 2.05) is 4.90 Å². The van der Waals surface area contributed by atoms with Gasteiger partial charge < -0.3 is 19.9 Å². The van der Waals surface area contributed by atoms with Crippen molar-refractivity contribution in [3.8, 4) is 0 Å². The Morgan fingerprint density at radius 3 is 2.65 bits per heavy atom. The third-order valence-electron chi connectivity index (χ3n) is 4.60. The van der Waals surface area contributed by atoms with Crippen molar-refractivity contribution < 1.29 is 9.53 Å². The van der Waals surface area contributed by atoms with Crippen LogP contribution in [0.5, 0.6) is 0 Å². The van der Waals surface area contributed by atoms with E-state index in [1.165, 1.54) is 4.88 Å². The molecule has 0 saturated carbocycles. The summed E-state index contributed by atoms with van der Waals surface area (Å²) in [6, 6.07) is 4.57. The average molecular weight is 338 g/mol. The number of carbonyl (C=O) groups excluding carboxylic acids is 1. The molecule has 2 aliphatic heterocycles. The number of nitrogens with one attached hydrogen (secondary N) is 1. The van der Waals surface area contributed by atoms with Gasteiger partial charge in [-0.15, -0.1) is 11.3 Å². The molecule has 0 unspecified atom stereocenters. The van der Waals surface area contributed by atoms with Gasteiger partial charge in [0, 0.05) is 50.7 Å². The highest BCUT2D eigenvalue weighted by atomic mass is 32.1. The van der Waals surface area contributed by atoms with E-state index in [1.54, 1.807) is 11.3 Å². The van der Waals surface area contributed by atoms with Crippen LogP contribution >= 0.6 is 11.3 Å². The van der Waals surface area contributed by atoms with Crippen molar-refractivity contribution in [2.24, 2.45) is 0 Å². The van der Waals surface area contributed by atoms with Crippen molar-refractivity contribution >= 4 is 17.4 Å². The van der Waals surface area contributed by atoms with Crippen LogP contribution in [0.4, 0.5) is 4.79 Å². The topological polar surface area (TPSA) is 48.0 Å². The first kappa shape index (κ1) is 16.7. The summed E-state index contributed by atoms with van der Waals surface area (Å²) in [5.74, 6) is 0. The molecular formula is C16H26N4O2S. The fraction of sp³-hybridized carbons (Fsp3) is 0.688. The molecule has 23 heavy (non-hydrogen) atoms. The number of hydrogen-bond acceptors (Lipinski definition) is 5. The summed E-state index contributed by atoms with van der Waals surface area (Å²) in [7, 11) is 2.16. The predicted molar refractivity (Wildman–Crippen MR) is 91.9 cm³/mol. The molecule has 0 spiro atoms. The van der Waals surface area contributed by atoms with Gasteiger partial charge in [0.25, 0.3) is 0 Å². The molecule has 0 aliphatic carbocycles. The van der Waals surface area contributed by atoms with Crippen LogP contribution in [-0.4, -0.2) is 86.8 Å². The molecule has 1 aromatic heterocycles. The molecule has 0 aromatic carbocycles. The maximum Gasteiger partial charge on any atom is 0.317 e. The number of morpholine rings is 1. The monoisotopic (exact) mass is 338 g/mol. The fourth-order valence-corrected chi connectivity index (χ4v) is 3.95. The SMILES string of the molecule is CN1CCN([C@H](CNC(=O)N2CCOCC2)c2cccs2)CC1. The molecule has 6 nitrogen and oxygen atoms in total. The molecule has 2 fully saturated rings. The summed E-state index contributed by atoms with van der Waals surface area (Å²) < 4.78 is 5.31. The zero-order valence-electron chi connectivity index (χ0n) is 13.7. The van der Waals surface area contributed by atoms with E-state index in [-0.39, 0.29) is 12.1 Å². The highest BCUT2D eigenvalue weighted by Gasteiger charge is 2.26. The largest absolute Gasteiger partial charge is 0.378 e. The molecule has 3 rings (SSSR count). The van der Waals surface area contributed by atoms with Crippen LogP contribution in [0.25, 0.3) is 0 Å². The number of likely N-dealkylation sites (N-methyl/N-ethyl adjacent to an activating group) is 1. The number of ether oxygens (including phenoxy) is 1. The van der Waals surface area contributed by atoms with Crippen molar-refractivity contribution in [2.45, 2.75) is 6.04 Å². The highest BCUT2D eigenvalue weighted by Crippen LogP contribution is 2.25. The molecule has 2 saturated heterocycles. The van der Waals surface area contributed by atoms with E-state index in [0.717, 1.165) is 26.2 Å². The molecule has 128 valence electrons. The fourth-order valence-electron chi connectivity index (χ4n) is 3.09. The summed E-state index contributed by atoms with van der Waals surface area (Å²) in [5.41, 5.74) is 0. The number of thiophene rings is 1. The van der Waals surface area contributed by atoms with Crippen LogP contribution in [0.15, 0.2) is 17.5 Å². The van der Waals surface area contributed by atoms with Crippen LogP contribution in [-0.2, 0) is 4.74 Å². The van der Waals surface area contributed by atoms with Crippen molar-refractivity contribution in [3.05, 3.63) is 22.4 Å². The molecule has 1 N–H and O–H groups in total. The summed E-state index contributed by atoms with van der Waals surface area (Å²) in [6.07, 6.45) is 0. The molecule has 0 bridgehead atoms. The van der Waals surface area contributed by atoms with Gasteiger partial charge in [-0.25, -0.2) is 4.79 Å². The Labute approximate surface area is 142 Å². The van der Waals surface area contributed by atoms with E-state index in [4.69, 9.17) is 4.74 Å². The quantitative estimate of drug-likeness (QED) is 0.892. The van der Waals surface area contributed by atoms with E-state index >= 15 is 0 Å². The smallest absolute Gasteiger partial charge is 0.317 e. The first-order valence-corrected chi connectivity index (χ1v) is 9.18. The minimum absolute atomic E-state index is 0.0315. The second-order valence-corrected chi connectivity index (χ2v) is 7.14. The highest BCUT2D eigenvalue weighted by molar-refractivity contribution is 7.10. The second kappa shape index (κ2) is 8.10. The van der Waals surface area contributed by atoms with E-state index in [9.17, 15) is 4.79 Å². The van der Waals surface area contributed by atoms with Gasteiger partial charge in [-0.05, 0) is 18.5 Å². The van der Waals surface area contributed by atoms with Crippen LogP contribution in [0.2, 0.25) is 0 Å². The summed E-state index contributed by atoms with van der Waals surface area (Å²) in [4.78, 5) is 20.4. The molecule has 2 amide bonds. The third kappa shape index (κ3) is 4.44. The lowest BCUT2D eigenvalue weighted by Crippen LogP contribution is -2.51. The molecule has 1 aromatic rings. The molecule has 1 atom stereocenters. The third-order valence-corrected chi connectivity index (χ3v) is 5.57. The lowest BCUT2D eigenvalue weighted by Gasteiger charge is -2.38. The van der Waals surface area contributed by atoms with Crippen LogP contribution in [0.1, 0.15) is 10.9 Å². The maximum atomic E-state index is 12.3. The Hall–Kier alpha value is -1.15. The van der Waals surface area contributed by atoms with E-state index < -0.39 is 0 Å². The predicted octanol–water partition coefficient (Wildman–Crippen LogP) is 1.08. The van der Waals surface area contributed by atoms with Gasteiger partial charge in [0.15, 0.2) is 0 Å². The van der Waals surface area contributed by atoms with Gasteiger partial charge in [-0.2, -0.15) is 0 Å². The Morgan fingerprint density at radius 2 is 2.00 bits per heavy atom. The minimum Gasteiger partial charge on any atom is -0.378 e. The number of piperazine rings is 1. The minimum atomic E-state index is 0.0315. The lowest BCUT2D eigenvalue weighted by molar-refractivity contribution is 0.0520. The Balaban J connectivity index is 1.59. The van der Waals surface area contributed by atoms with Gasteiger partial charge in [0.1, 0.15) is 0 Å². The van der Waals surface area contributed by atoms with Crippen molar-refractivity contribution in [2.75, 3.05) is 66.1 Å². The first-order valence-electron chi connectivity index (χ1n) is 8.30. The number of amides is 2. The maximum absolute atomic E-state index is 12.3. The number of carbonyl (C=O) groups is 1. The number of rotatable bonds is 4. The molecule has 3 heterocycles. The van der Waals surface area contributed by atoms with Crippen molar-refractivity contribution in [1.29, 1.82) is 0 Å². The molecule has 2 aliphatic rings. The standard InChI is InChI=1S/C16H26N4O2S/c1-18-4-6-19(7-5-18)14(15-3-2-12-23-15)13-17-16(21)20-8-10-22-11-9-20/h2-3,12,14H,4-11,13H2,1H3,(H,17,21)/t14-/m1/s1. The number of urea groups is 1. The van der Waals surface area contributed by atoms with Crippen molar-refractivity contribution in [3.63, 3.8) is 0 Å². The van der Waals surface area contributed by atoms with Gasteiger partial charge in [0.2, 0.25) is 0 Å². The Kier molecular flexibility index (Phi) is 5.88. The molecule has 7 heteroatoms. The summed E-state index contributed by atoms with van der Waals surface area (Å²) in [6.45, 7) is 7.58. The Bertz CT molecular complexity index is 482. The zero-order chi connectivity index (χ0) is 16.1. The molecular weight excluding hydrogens is 312 g/mol. The number of hydrogen-bond donors (Lipinski definition) is 1. The van der Waals surface area contributed by atoms with Crippen molar-refractivity contribution in [1.82, 2.24) is 20.0 Å². The normalized spacial score (nSPS) is 22.0. The average Bonchev–Trinajstić information content (AvgIpc) is 3.11. The number of nitrogens with zero attached hydrogens (tertiary/aromatic N) is 3. The zero-order valence-corrected chi connectivity index (χ0v) is 14.6. The van der Waals surface area contributed by atoms with Gasteiger partial charge in [0.05, 0.1) is 19.3 Å². The Morgan fingerprint density at radius 1 is 1.26 bits per heavy atom. The second-order valence-electron chi connectivity index (χ2n) is 6.16. The van der Waals surface area contributed by atoms with Gasteiger partial charge >= 0.3 is 6.03 Å². The van der Waals surface area contributed by atoms with Crippen LogP contribution in [0, 0.1) is 0 Å². The van der Waals surface area contributed by atoms with E-state index in [2.05, 4.69) is 39.7 Å². The van der Waals surface area contributed by atoms with E-state index in [0.29, 0.717) is 32.8 Å². The van der Waals surface area contributed by atoms with Crippen LogP contribution in [0.3, 0.4) is 0 Å². The molecule has 0 radical (unpaired) electrons. The van der Waals surface area contributed by atoms with Gasteiger partial charge in [-0.1, -0.05) is 6.07 Å². The first-order chi connectivity index (χ1) is 11.2. The lowest BCUT2D eigenvalue weighted by atomic mass is 10.1.